The van der Waals surface area contributed by atoms with Crippen molar-refractivity contribution >= 4 is 17.7 Å². The van der Waals surface area contributed by atoms with Crippen molar-refractivity contribution in [2.45, 2.75) is 50.2 Å². The summed E-state index contributed by atoms with van der Waals surface area (Å²) in [6, 6.07) is 5.36. The van der Waals surface area contributed by atoms with Crippen molar-refractivity contribution < 1.29 is 22.7 Å². The van der Waals surface area contributed by atoms with Gasteiger partial charge >= 0.3 is 6.36 Å². The Bertz CT molecular complexity index is 797. The number of ether oxygens (including phenoxy) is 1. The molecular weight excluding hydrogens is 395 g/mol. The molecule has 1 N–H and O–H groups in total. The maximum Gasteiger partial charge on any atom is 0.573 e. The SMILES string of the molecule is C[C@H]1CCCC[C@@H]1NC(=O)CSc1nnnn1-c1ccc(OC(F)(F)F)cc1. The smallest absolute Gasteiger partial charge is 0.406 e. The third kappa shape index (κ3) is 5.60. The number of hydrogen-bond acceptors (Lipinski definition) is 6. The second-order valence-corrected chi connectivity index (χ2v) is 7.58. The number of hydrogen-bond donors (Lipinski definition) is 1. The van der Waals surface area contributed by atoms with Gasteiger partial charge in [0.25, 0.3) is 0 Å². The number of amides is 1. The molecule has 1 saturated carbocycles. The van der Waals surface area contributed by atoms with E-state index in [1.165, 1.54) is 35.4 Å². The summed E-state index contributed by atoms with van der Waals surface area (Å²) in [4.78, 5) is 12.2. The Morgan fingerprint density at radius 2 is 2.00 bits per heavy atom. The number of nitrogens with one attached hydrogen (secondary N) is 1. The molecule has 152 valence electrons. The predicted molar refractivity (Wildman–Crippen MR) is 96.1 cm³/mol. The summed E-state index contributed by atoms with van der Waals surface area (Å²) in [6.45, 7) is 2.14. The van der Waals surface area contributed by atoms with Crippen molar-refractivity contribution in [1.82, 2.24) is 25.5 Å². The van der Waals surface area contributed by atoms with Gasteiger partial charge in [0.1, 0.15) is 5.75 Å². The Morgan fingerprint density at radius 1 is 1.29 bits per heavy atom. The lowest BCUT2D eigenvalue weighted by Crippen LogP contribution is -2.41. The number of rotatable bonds is 6. The lowest BCUT2D eigenvalue weighted by atomic mass is 9.86. The van der Waals surface area contributed by atoms with Crippen molar-refractivity contribution in [3.8, 4) is 11.4 Å². The number of tetrazole rings is 1. The van der Waals surface area contributed by atoms with Crippen LogP contribution in [0.4, 0.5) is 13.2 Å². The molecule has 1 fully saturated rings. The first kappa shape index (κ1) is 20.4. The Balaban J connectivity index is 1.58. The van der Waals surface area contributed by atoms with Crippen LogP contribution in [0, 0.1) is 5.92 Å². The van der Waals surface area contributed by atoms with Crippen LogP contribution in [0.3, 0.4) is 0 Å². The summed E-state index contributed by atoms with van der Waals surface area (Å²) in [5, 5.41) is 14.7. The van der Waals surface area contributed by atoms with Crippen LogP contribution in [0.5, 0.6) is 5.75 Å². The van der Waals surface area contributed by atoms with Crippen molar-refractivity contribution in [2.75, 3.05) is 5.75 Å². The minimum atomic E-state index is -4.75. The maximum absolute atomic E-state index is 12.2. The van der Waals surface area contributed by atoms with Crippen molar-refractivity contribution in [2.24, 2.45) is 5.92 Å². The molecule has 0 bridgehead atoms. The van der Waals surface area contributed by atoms with Crippen LogP contribution in [-0.4, -0.2) is 44.3 Å². The minimum absolute atomic E-state index is 0.0905. The molecule has 1 aromatic heterocycles. The molecule has 2 atom stereocenters. The Morgan fingerprint density at radius 3 is 2.68 bits per heavy atom. The molecule has 1 amide bonds. The van der Waals surface area contributed by atoms with E-state index in [2.05, 4.69) is 32.5 Å². The molecule has 0 saturated heterocycles. The summed E-state index contributed by atoms with van der Waals surface area (Å²) in [6.07, 6.45) is -0.328. The number of carbonyl (C=O) groups is 1. The Kier molecular flexibility index (Phi) is 6.42. The van der Waals surface area contributed by atoms with E-state index in [9.17, 15) is 18.0 Å². The normalized spacial score (nSPS) is 20.0. The Hall–Kier alpha value is -2.30. The second-order valence-electron chi connectivity index (χ2n) is 6.64. The van der Waals surface area contributed by atoms with Gasteiger partial charge in [0, 0.05) is 6.04 Å². The average molecular weight is 415 g/mol. The van der Waals surface area contributed by atoms with Gasteiger partial charge in [-0.2, -0.15) is 4.68 Å². The Labute approximate surface area is 164 Å². The predicted octanol–water partition coefficient (Wildman–Crippen LogP) is 3.35. The molecular formula is C17H20F3N5O2S. The van der Waals surface area contributed by atoms with Crippen molar-refractivity contribution in [1.29, 1.82) is 0 Å². The highest BCUT2D eigenvalue weighted by molar-refractivity contribution is 7.99. The van der Waals surface area contributed by atoms with Gasteiger partial charge in [0.15, 0.2) is 0 Å². The van der Waals surface area contributed by atoms with Gasteiger partial charge in [-0.25, -0.2) is 0 Å². The first-order valence-corrected chi connectivity index (χ1v) is 9.87. The van der Waals surface area contributed by atoms with Crippen molar-refractivity contribution in [3.63, 3.8) is 0 Å². The molecule has 7 nitrogen and oxygen atoms in total. The van der Waals surface area contributed by atoms with Gasteiger partial charge in [0.05, 0.1) is 11.4 Å². The monoisotopic (exact) mass is 415 g/mol. The fourth-order valence-corrected chi connectivity index (χ4v) is 3.83. The summed E-state index contributed by atoms with van der Waals surface area (Å²) < 4.78 is 41.9. The summed E-state index contributed by atoms with van der Waals surface area (Å²) in [5.41, 5.74) is 0.461. The maximum atomic E-state index is 12.2. The largest absolute Gasteiger partial charge is 0.573 e. The quantitative estimate of drug-likeness (QED) is 0.729. The molecule has 3 rings (SSSR count). The fourth-order valence-electron chi connectivity index (χ4n) is 3.13. The summed E-state index contributed by atoms with van der Waals surface area (Å²) >= 11 is 1.16. The zero-order chi connectivity index (χ0) is 20.1. The molecule has 1 aromatic carbocycles. The number of alkyl halides is 3. The first-order valence-electron chi connectivity index (χ1n) is 8.88. The van der Waals surface area contributed by atoms with Crippen LogP contribution in [0.25, 0.3) is 5.69 Å². The van der Waals surface area contributed by atoms with E-state index in [4.69, 9.17) is 0 Å². The van der Waals surface area contributed by atoms with Crippen LogP contribution in [0.1, 0.15) is 32.6 Å². The molecule has 1 heterocycles. The van der Waals surface area contributed by atoms with Gasteiger partial charge in [-0.15, -0.1) is 18.3 Å². The van der Waals surface area contributed by atoms with E-state index in [-0.39, 0.29) is 23.5 Å². The third-order valence-electron chi connectivity index (χ3n) is 4.55. The number of carbonyl (C=O) groups excluding carboxylic acids is 1. The zero-order valence-electron chi connectivity index (χ0n) is 15.1. The van der Waals surface area contributed by atoms with Crippen LogP contribution < -0.4 is 10.1 Å². The van der Waals surface area contributed by atoms with E-state index in [1.807, 2.05) is 0 Å². The van der Waals surface area contributed by atoms with Crippen LogP contribution >= 0.6 is 11.8 Å². The minimum Gasteiger partial charge on any atom is -0.406 e. The first-order chi connectivity index (χ1) is 13.3. The molecule has 0 unspecified atom stereocenters. The number of aromatic nitrogens is 4. The third-order valence-corrected chi connectivity index (χ3v) is 5.47. The fraction of sp³-hybridized carbons (Fsp3) is 0.529. The lowest BCUT2D eigenvalue weighted by molar-refractivity contribution is -0.274. The zero-order valence-corrected chi connectivity index (χ0v) is 16.0. The molecule has 1 aliphatic carbocycles. The number of thioether (sulfide) groups is 1. The standard InChI is InChI=1S/C17H20F3N5O2S/c1-11-4-2-3-5-14(11)21-15(26)10-28-16-22-23-24-25(16)12-6-8-13(9-7-12)27-17(18,19)20/h6-9,11,14H,2-5,10H2,1H3,(H,21,26)/t11-,14-/m0/s1. The summed E-state index contributed by atoms with van der Waals surface area (Å²) in [7, 11) is 0. The number of nitrogens with zero attached hydrogens (tertiary/aromatic N) is 4. The van der Waals surface area contributed by atoms with E-state index in [0.717, 1.165) is 31.0 Å². The highest BCUT2D eigenvalue weighted by Crippen LogP contribution is 2.26. The molecule has 11 heteroatoms. The van der Waals surface area contributed by atoms with Gasteiger partial charge in [-0.1, -0.05) is 31.5 Å². The van der Waals surface area contributed by atoms with E-state index in [0.29, 0.717) is 16.8 Å². The topological polar surface area (TPSA) is 81.9 Å². The van der Waals surface area contributed by atoms with E-state index >= 15 is 0 Å². The molecule has 1 aliphatic rings. The highest BCUT2D eigenvalue weighted by Gasteiger charge is 2.31. The number of benzene rings is 1. The summed E-state index contributed by atoms with van der Waals surface area (Å²) in [5.74, 6) is 0.191. The molecule has 0 aliphatic heterocycles. The average Bonchev–Trinajstić information content (AvgIpc) is 3.10. The van der Waals surface area contributed by atoms with Crippen molar-refractivity contribution in [3.05, 3.63) is 24.3 Å². The highest BCUT2D eigenvalue weighted by atomic mass is 32.2. The van der Waals surface area contributed by atoms with Gasteiger partial charge < -0.3 is 10.1 Å². The van der Waals surface area contributed by atoms with Crippen LogP contribution in [0.15, 0.2) is 29.4 Å². The van der Waals surface area contributed by atoms with E-state index < -0.39 is 6.36 Å². The lowest BCUT2D eigenvalue weighted by Gasteiger charge is -2.29. The van der Waals surface area contributed by atoms with Crippen LogP contribution in [-0.2, 0) is 4.79 Å². The molecule has 2 aromatic rings. The van der Waals surface area contributed by atoms with Crippen LogP contribution in [0.2, 0.25) is 0 Å². The van der Waals surface area contributed by atoms with E-state index in [1.54, 1.807) is 0 Å². The molecule has 0 radical (unpaired) electrons. The molecule has 0 spiro atoms. The van der Waals surface area contributed by atoms with Gasteiger partial charge in [0.2, 0.25) is 11.1 Å². The second kappa shape index (κ2) is 8.80. The molecule has 28 heavy (non-hydrogen) atoms. The van der Waals surface area contributed by atoms with Gasteiger partial charge in [-0.05, 0) is 53.5 Å². The number of halogens is 3. The van der Waals surface area contributed by atoms with Gasteiger partial charge in [-0.3, -0.25) is 4.79 Å².